The SMILES string of the molecule is Cc1ccc(Cn2cc(/C=C3\SC(=S)NC3=O)c3ccccc32)cc1. The standard InChI is InChI=1S/C20H16N2OS2/c1-13-6-8-14(9-7-13)11-22-12-15(16-4-2-3-5-17(16)22)10-18-19(23)21-20(24)25-18/h2-10,12H,11H2,1H3,(H,21,23,24)/b18-10-. The van der Waals surface area contributed by atoms with Crippen LogP contribution in [0.5, 0.6) is 0 Å². The first-order chi connectivity index (χ1) is 12.1. The van der Waals surface area contributed by atoms with Crippen LogP contribution in [0.15, 0.2) is 59.6 Å². The Morgan fingerprint density at radius 3 is 2.64 bits per heavy atom. The van der Waals surface area contributed by atoms with Crippen molar-refractivity contribution in [2.45, 2.75) is 13.5 Å². The summed E-state index contributed by atoms with van der Waals surface area (Å²) in [7, 11) is 0. The summed E-state index contributed by atoms with van der Waals surface area (Å²) in [4.78, 5) is 12.6. The van der Waals surface area contributed by atoms with Gasteiger partial charge < -0.3 is 9.88 Å². The largest absolute Gasteiger partial charge is 0.342 e. The third-order valence-electron chi connectivity index (χ3n) is 4.22. The first-order valence-electron chi connectivity index (χ1n) is 7.98. The van der Waals surface area contributed by atoms with Gasteiger partial charge in [-0.25, -0.2) is 0 Å². The summed E-state index contributed by atoms with van der Waals surface area (Å²) in [6, 6.07) is 16.8. The quantitative estimate of drug-likeness (QED) is 0.549. The highest BCUT2D eigenvalue weighted by Crippen LogP contribution is 2.30. The summed E-state index contributed by atoms with van der Waals surface area (Å²) in [6.07, 6.45) is 4.03. The predicted molar refractivity (Wildman–Crippen MR) is 109 cm³/mol. The molecule has 3 nitrogen and oxygen atoms in total. The van der Waals surface area contributed by atoms with Crippen molar-refractivity contribution in [2.75, 3.05) is 0 Å². The smallest absolute Gasteiger partial charge is 0.263 e. The molecule has 1 aliphatic heterocycles. The highest BCUT2D eigenvalue weighted by Gasteiger charge is 2.22. The number of hydrogen-bond donors (Lipinski definition) is 1. The van der Waals surface area contributed by atoms with Crippen LogP contribution in [0.4, 0.5) is 0 Å². The lowest BCUT2D eigenvalue weighted by molar-refractivity contribution is -0.115. The molecule has 25 heavy (non-hydrogen) atoms. The second-order valence-electron chi connectivity index (χ2n) is 6.07. The molecule has 2 heterocycles. The van der Waals surface area contributed by atoms with Crippen molar-refractivity contribution < 1.29 is 4.79 Å². The Morgan fingerprint density at radius 2 is 1.92 bits per heavy atom. The van der Waals surface area contributed by atoms with Crippen LogP contribution in [0, 0.1) is 6.92 Å². The molecule has 1 aromatic heterocycles. The van der Waals surface area contributed by atoms with Crippen LogP contribution in [0.3, 0.4) is 0 Å². The van der Waals surface area contributed by atoms with Gasteiger partial charge in [0.05, 0.1) is 4.91 Å². The topological polar surface area (TPSA) is 34.0 Å². The fraction of sp³-hybridized carbons (Fsp3) is 0.100. The molecule has 0 atom stereocenters. The molecule has 1 aliphatic rings. The molecular weight excluding hydrogens is 348 g/mol. The van der Waals surface area contributed by atoms with Crippen LogP contribution in [0.25, 0.3) is 17.0 Å². The molecule has 0 saturated carbocycles. The van der Waals surface area contributed by atoms with Gasteiger partial charge in [0, 0.05) is 29.2 Å². The second kappa shape index (κ2) is 6.50. The molecule has 0 unspecified atom stereocenters. The average molecular weight is 364 g/mol. The molecule has 4 rings (SSSR count). The van der Waals surface area contributed by atoms with Gasteiger partial charge in [0.25, 0.3) is 5.91 Å². The van der Waals surface area contributed by atoms with Gasteiger partial charge in [0.1, 0.15) is 4.32 Å². The maximum Gasteiger partial charge on any atom is 0.263 e. The van der Waals surface area contributed by atoms with Gasteiger partial charge in [-0.2, -0.15) is 0 Å². The summed E-state index contributed by atoms with van der Waals surface area (Å²) in [5.74, 6) is -0.120. The molecule has 0 bridgehead atoms. The molecule has 1 N–H and O–H groups in total. The van der Waals surface area contributed by atoms with Gasteiger partial charge in [-0.3, -0.25) is 4.79 Å². The number of benzene rings is 2. The van der Waals surface area contributed by atoms with E-state index in [-0.39, 0.29) is 5.91 Å². The Morgan fingerprint density at radius 1 is 1.16 bits per heavy atom. The number of hydrogen-bond acceptors (Lipinski definition) is 3. The number of carbonyl (C=O) groups excluding carboxylic acids is 1. The lowest BCUT2D eigenvalue weighted by atomic mass is 10.1. The number of aryl methyl sites for hydroxylation is 1. The van der Waals surface area contributed by atoms with Crippen LogP contribution >= 0.6 is 24.0 Å². The van der Waals surface area contributed by atoms with Crippen LogP contribution in [-0.2, 0) is 11.3 Å². The predicted octanol–water partition coefficient (Wildman–Crippen LogP) is 4.49. The number of rotatable bonds is 3. The number of aromatic nitrogens is 1. The number of nitrogens with one attached hydrogen (secondary N) is 1. The summed E-state index contributed by atoms with van der Waals surface area (Å²) in [5.41, 5.74) is 4.69. The monoisotopic (exact) mass is 364 g/mol. The van der Waals surface area contributed by atoms with Gasteiger partial charge in [0.15, 0.2) is 0 Å². The van der Waals surface area contributed by atoms with Crippen molar-refractivity contribution in [3.63, 3.8) is 0 Å². The number of thioether (sulfide) groups is 1. The number of fused-ring (bicyclic) bond motifs is 1. The Kier molecular flexibility index (Phi) is 4.19. The number of carbonyl (C=O) groups is 1. The lowest BCUT2D eigenvalue weighted by Crippen LogP contribution is -2.17. The van der Waals surface area contributed by atoms with Crippen LogP contribution in [0.2, 0.25) is 0 Å². The Hall–Kier alpha value is -2.37. The normalized spacial score (nSPS) is 16.0. The lowest BCUT2D eigenvalue weighted by Gasteiger charge is -2.06. The molecule has 1 fully saturated rings. The third-order valence-corrected chi connectivity index (χ3v) is 5.38. The Balaban J connectivity index is 1.76. The number of thiocarbonyl (C=S) groups is 1. The molecule has 0 aliphatic carbocycles. The van der Waals surface area contributed by atoms with Crippen molar-refractivity contribution in [3.8, 4) is 0 Å². The van der Waals surface area contributed by atoms with E-state index in [1.807, 2.05) is 18.2 Å². The van der Waals surface area contributed by atoms with Crippen molar-refractivity contribution >= 4 is 51.2 Å². The number of para-hydroxylation sites is 1. The van der Waals surface area contributed by atoms with Crippen LogP contribution < -0.4 is 5.32 Å². The number of amides is 1. The zero-order valence-corrected chi connectivity index (χ0v) is 15.3. The summed E-state index contributed by atoms with van der Waals surface area (Å²) in [5, 5.41) is 3.80. The first-order valence-corrected chi connectivity index (χ1v) is 9.21. The molecule has 0 radical (unpaired) electrons. The fourth-order valence-electron chi connectivity index (χ4n) is 2.97. The minimum Gasteiger partial charge on any atom is -0.342 e. The fourth-order valence-corrected chi connectivity index (χ4v) is 4.01. The average Bonchev–Trinajstić information content (AvgIpc) is 3.10. The van der Waals surface area contributed by atoms with Gasteiger partial charge in [0.2, 0.25) is 0 Å². The van der Waals surface area contributed by atoms with E-state index in [0.29, 0.717) is 9.23 Å². The van der Waals surface area contributed by atoms with Gasteiger partial charge >= 0.3 is 0 Å². The number of nitrogens with zero attached hydrogens (tertiary/aromatic N) is 1. The summed E-state index contributed by atoms with van der Waals surface area (Å²) >= 11 is 6.39. The highest BCUT2D eigenvalue weighted by molar-refractivity contribution is 8.26. The maximum atomic E-state index is 12.0. The van der Waals surface area contributed by atoms with Gasteiger partial charge in [-0.1, -0.05) is 72.0 Å². The zero-order valence-electron chi connectivity index (χ0n) is 13.7. The molecule has 2 aromatic carbocycles. The Bertz CT molecular complexity index is 1020. The Labute approximate surface area is 155 Å². The van der Waals surface area contributed by atoms with Crippen LogP contribution in [0.1, 0.15) is 16.7 Å². The molecule has 3 aromatic rings. The first kappa shape index (κ1) is 16.1. The second-order valence-corrected chi connectivity index (χ2v) is 7.79. The molecule has 5 heteroatoms. The molecule has 0 spiro atoms. The molecule has 1 amide bonds. The van der Waals surface area contributed by atoms with Crippen LogP contribution in [-0.4, -0.2) is 14.8 Å². The van der Waals surface area contributed by atoms with Gasteiger partial charge in [-0.05, 0) is 24.6 Å². The van der Waals surface area contributed by atoms with E-state index in [9.17, 15) is 4.79 Å². The molecule has 124 valence electrons. The minimum absolute atomic E-state index is 0.120. The van der Waals surface area contributed by atoms with Crippen molar-refractivity contribution in [3.05, 3.63) is 76.3 Å². The van der Waals surface area contributed by atoms with Crippen molar-refractivity contribution in [1.82, 2.24) is 9.88 Å². The van der Waals surface area contributed by atoms with Crippen molar-refractivity contribution in [1.29, 1.82) is 0 Å². The van der Waals surface area contributed by atoms with E-state index in [1.165, 1.54) is 22.9 Å². The maximum absolute atomic E-state index is 12.0. The van der Waals surface area contributed by atoms with E-state index in [2.05, 4.69) is 59.4 Å². The van der Waals surface area contributed by atoms with E-state index < -0.39 is 0 Å². The zero-order chi connectivity index (χ0) is 17.4. The van der Waals surface area contributed by atoms with E-state index in [0.717, 1.165) is 23.0 Å². The van der Waals surface area contributed by atoms with E-state index >= 15 is 0 Å². The molecular formula is C20H16N2OS2. The van der Waals surface area contributed by atoms with E-state index in [4.69, 9.17) is 12.2 Å². The van der Waals surface area contributed by atoms with Crippen molar-refractivity contribution in [2.24, 2.45) is 0 Å². The minimum atomic E-state index is -0.120. The van der Waals surface area contributed by atoms with Gasteiger partial charge in [-0.15, -0.1) is 0 Å². The summed E-state index contributed by atoms with van der Waals surface area (Å²) < 4.78 is 2.74. The highest BCUT2D eigenvalue weighted by atomic mass is 32.2. The molecule has 1 saturated heterocycles. The van der Waals surface area contributed by atoms with E-state index in [1.54, 1.807) is 0 Å². The third kappa shape index (κ3) is 3.25. The summed E-state index contributed by atoms with van der Waals surface area (Å²) in [6.45, 7) is 2.88.